The van der Waals surface area contributed by atoms with Crippen molar-refractivity contribution in [1.82, 2.24) is 15.0 Å². The first-order valence-electron chi connectivity index (χ1n) is 14.1. The molecule has 0 saturated heterocycles. The molecule has 9 nitrogen and oxygen atoms in total. The minimum Gasteiger partial charge on any atom is -0.493 e. The van der Waals surface area contributed by atoms with Gasteiger partial charge in [-0.05, 0) is 85.0 Å². The van der Waals surface area contributed by atoms with E-state index in [1.165, 1.54) is 7.11 Å². The van der Waals surface area contributed by atoms with Crippen molar-refractivity contribution in [3.05, 3.63) is 71.5 Å². The van der Waals surface area contributed by atoms with E-state index in [2.05, 4.69) is 9.97 Å². The average molecular weight is 580 g/mol. The Bertz CT molecular complexity index is 1890. The van der Waals surface area contributed by atoms with E-state index in [-0.39, 0.29) is 6.01 Å². The standard InChI is InChI=1S/C34H33N3O6/c1-18-15-21-16-20(24-17-36-33(41-6)37-31(24)40-5)7-8-22(21)28(26(18)30(32(38)39)43-34(2,3)4)23-9-10-25-27-19(12-14-42-25)11-13-35-29(23)27/h7-11,13,15-17,30H,12,14H2,1-6H3,(H,38,39)/t30-/m0/s1. The molecular weight excluding hydrogens is 546 g/mol. The highest BCUT2D eigenvalue weighted by molar-refractivity contribution is 6.09. The Morgan fingerprint density at radius 3 is 2.56 bits per heavy atom. The maximum atomic E-state index is 12.8. The summed E-state index contributed by atoms with van der Waals surface area (Å²) in [5.74, 6) is 0.104. The lowest BCUT2D eigenvalue weighted by Gasteiger charge is -2.29. The summed E-state index contributed by atoms with van der Waals surface area (Å²) in [5, 5.41) is 13.2. The topological polar surface area (TPSA) is 113 Å². The molecule has 0 aliphatic carbocycles. The van der Waals surface area contributed by atoms with Crippen LogP contribution in [0.5, 0.6) is 17.6 Å². The van der Waals surface area contributed by atoms with Crippen molar-refractivity contribution in [1.29, 1.82) is 0 Å². The highest BCUT2D eigenvalue weighted by Crippen LogP contribution is 2.46. The molecule has 0 bridgehead atoms. The second-order valence-corrected chi connectivity index (χ2v) is 11.5. The third-order valence-corrected chi connectivity index (χ3v) is 7.60. The smallest absolute Gasteiger partial charge is 0.337 e. The molecule has 1 N–H and O–H groups in total. The molecule has 9 heteroatoms. The number of benzene rings is 3. The zero-order valence-electron chi connectivity index (χ0n) is 25.0. The number of carbonyl (C=O) groups is 1. The van der Waals surface area contributed by atoms with Gasteiger partial charge in [-0.15, -0.1) is 0 Å². The average Bonchev–Trinajstić information content (AvgIpc) is 2.99. The summed E-state index contributed by atoms with van der Waals surface area (Å²) < 4.78 is 22.9. The lowest BCUT2D eigenvalue weighted by atomic mass is 9.85. The molecule has 1 aliphatic heterocycles. The fourth-order valence-electron chi connectivity index (χ4n) is 5.85. The highest BCUT2D eigenvalue weighted by atomic mass is 16.5. The van der Waals surface area contributed by atoms with Gasteiger partial charge in [0.2, 0.25) is 5.88 Å². The fourth-order valence-corrected chi connectivity index (χ4v) is 5.85. The molecule has 0 spiro atoms. The molecule has 0 fully saturated rings. The summed E-state index contributed by atoms with van der Waals surface area (Å²) in [7, 11) is 3.06. The van der Waals surface area contributed by atoms with E-state index in [1.54, 1.807) is 13.3 Å². The molecule has 1 atom stereocenters. The number of methoxy groups -OCH3 is 2. The molecule has 0 amide bonds. The van der Waals surface area contributed by atoms with Gasteiger partial charge in [0.15, 0.2) is 6.10 Å². The second-order valence-electron chi connectivity index (χ2n) is 11.5. The van der Waals surface area contributed by atoms with E-state index in [0.29, 0.717) is 23.6 Å². The van der Waals surface area contributed by atoms with Crippen molar-refractivity contribution >= 4 is 27.6 Å². The largest absolute Gasteiger partial charge is 0.493 e. The lowest BCUT2D eigenvalue weighted by Crippen LogP contribution is -2.28. The summed E-state index contributed by atoms with van der Waals surface area (Å²) >= 11 is 0. The molecule has 3 aromatic carbocycles. The quantitative estimate of drug-likeness (QED) is 0.225. The number of fused-ring (bicyclic) bond motifs is 1. The van der Waals surface area contributed by atoms with Crippen molar-refractivity contribution in [3.63, 3.8) is 0 Å². The van der Waals surface area contributed by atoms with Crippen LogP contribution in [-0.2, 0) is 16.0 Å². The predicted octanol–water partition coefficient (Wildman–Crippen LogP) is 6.71. The summed E-state index contributed by atoms with van der Waals surface area (Å²) in [4.78, 5) is 26.3. The van der Waals surface area contributed by atoms with E-state index in [1.807, 2.05) is 76.4 Å². The first-order chi connectivity index (χ1) is 20.6. The number of hydrogen-bond donors (Lipinski definition) is 1. The molecule has 220 valence electrons. The van der Waals surface area contributed by atoms with Crippen molar-refractivity contribution in [2.45, 2.75) is 45.8 Å². The van der Waals surface area contributed by atoms with Crippen LogP contribution in [0.3, 0.4) is 0 Å². The number of aromatic nitrogens is 3. The third kappa shape index (κ3) is 5.10. The van der Waals surface area contributed by atoms with Crippen LogP contribution in [-0.4, -0.2) is 52.5 Å². The van der Waals surface area contributed by atoms with Gasteiger partial charge in [-0.3, -0.25) is 4.98 Å². The van der Waals surface area contributed by atoms with Crippen LogP contribution in [0.2, 0.25) is 0 Å². The van der Waals surface area contributed by atoms with Crippen LogP contribution in [0.4, 0.5) is 0 Å². The second kappa shape index (κ2) is 10.8. The Kier molecular flexibility index (Phi) is 7.14. The van der Waals surface area contributed by atoms with Gasteiger partial charge >= 0.3 is 12.0 Å². The molecule has 6 rings (SSSR count). The van der Waals surface area contributed by atoms with Crippen LogP contribution in [0.15, 0.2) is 54.9 Å². The van der Waals surface area contributed by atoms with Crippen molar-refractivity contribution in [2.75, 3.05) is 20.8 Å². The van der Waals surface area contributed by atoms with E-state index in [4.69, 9.17) is 23.9 Å². The van der Waals surface area contributed by atoms with Crippen LogP contribution in [0.25, 0.3) is 43.9 Å². The summed E-state index contributed by atoms with van der Waals surface area (Å²) in [6.07, 6.45) is 3.04. The van der Waals surface area contributed by atoms with E-state index >= 15 is 0 Å². The molecule has 0 unspecified atom stereocenters. The van der Waals surface area contributed by atoms with Gasteiger partial charge < -0.3 is 24.1 Å². The number of nitrogens with zero attached hydrogens (tertiary/aromatic N) is 3. The number of pyridine rings is 1. The molecule has 43 heavy (non-hydrogen) atoms. The minimum atomic E-state index is -1.21. The maximum absolute atomic E-state index is 12.8. The molecule has 0 radical (unpaired) electrons. The van der Waals surface area contributed by atoms with Gasteiger partial charge in [0, 0.05) is 35.3 Å². The van der Waals surface area contributed by atoms with Crippen molar-refractivity contribution in [3.8, 4) is 39.9 Å². The molecule has 5 aromatic rings. The number of ether oxygens (including phenoxy) is 4. The summed E-state index contributed by atoms with van der Waals surface area (Å²) in [5.41, 5.74) is 5.71. The highest BCUT2D eigenvalue weighted by Gasteiger charge is 2.32. The molecular formula is C34H33N3O6. The first-order valence-corrected chi connectivity index (χ1v) is 14.1. The van der Waals surface area contributed by atoms with Gasteiger partial charge in [-0.2, -0.15) is 4.98 Å². The molecule has 1 aliphatic rings. The zero-order valence-corrected chi connectivity index (χ0v) is 25.0. The summed E-state index contributed by atoms with van der Waals surface area (Å²) in [6, 6.07) is 14.1. The Balaban J connectivity index is 1.67. The Hall–Kier alpha value is -4.76. The van der Waals surface area contributed by atoms with Crippen molar-refractivity contribution in [2.24, 2.45) is 0 Å². The molecule has 0 saturated carbocycles. The number of aliphatic carboxylic acids is 1. The number of hydrogen-bond acceptors (Lipinski definition) is 8. The summed E-state index contributed by atoms with van der Waals surface area (Å²) in [6.45, 7) is 8.10. The number of carboxylic acid groups (broad SMARTS) is 1. The van der Waals surface area contributed by atoms with Gasteiger partial charge in [-0.25, -0.2) is 9.78 Å². The SMILES string of the molecule is COc1ncc(-c2ccc3c(-c4ccc5c6c(ccnc46)CCO5)c([C@H](OC(C)(C)C)C(=O)O)c(C)cc3c2)c(OC)n1. The fraction of sp³-hybridized carbons (Fsp3) is 0.294. The number of carboxylic acids is 1. The minimum absolute atomic E-state index is 0.210. The Labute approximate surface area is 249 Å². The van der Waals surface area contributed by atoms with Crippen LogP contribution < -0.4 is 14.2 Å². The predicted molar refractivity (Wildman–Crippen MR) is 164 cm³/mol. The molecule has 3 heterocycles. The maximum Gasteiger partial charge on any atom is 0.337 e. The number of rotatable bonds is 7. The molecule has 2 aromatic heterocycles. The van der Waals surface area contributed by atoms with Crippen molar-refractivity contribution < 1.29 is 28.8 Å². The van der Waals surface area contributed by atoms with Crippen LogP contribution in [0, 0.1) is 6.92 Å². The van der Waals surface area contributed by atoms with E-state index < -0.39 is 17.7 Å². The Morgan fingerprint density at radius 2 is 1.84 bits per heavy atom. The zero-order chi connectivity index (χ0) is 30.5. The van der Waals surface area contributed by atoms with Crippen LogP contribution >= 0.6 is 0 Å². The van der Waals surface area contributed by atoms with E-state index in [9.17, 15) is 9.90 Å². The van der Waals surface area contributed by atoms with Gasteiger partial charge in [-0.1, -0.05) is 18.2 Å². The Morgan fingerprint density at radius 1 is 1.02 bits per heavy atom. The lowest BCUT2D eigenvalue weighted by molar-refractivity contribution is -0.160. The van der Waals surface area contributed by atoms with Crippen LogP contribution in [0.1, 0.15) is 43.6 Å². The van der Waals surface area contributed by atoms with Gasteiger partial charge in [0.1, 0.15) is 5.75 Å². The third-order valence-electron chi connectivity index (χ3n) is 7.60. The van der Waals surface area contributed by atoms with Gasteiger partial charge in [0.05, 0.1) is 37.5 Å². The van der Waals surface area contributed by atoms with Gasteiger partial charge in [0.25, 0.3) is 0 Å². The number of aryl methyl sites for hydroxylation is 1. The first kappa shape index (κ1) is 28.4. The monoisotopic (exact) mass is 579 g/mol. The van der Waals surface area contributed by atoms with E-state index in [0.717, 1.165) is 61.7 Å². The normalized spacial score (nSPS) is 13.5.